The summed E-state index contributed by atoms with van der Waals surface area (Å²) in [6.07, 6.45) is 1.75. The number of furan rings is 1. The molecule has 1 fully saturated rings. The maximum atomic E-state index is 11.7. The molecular weight excluding hydrogens is 222 g/mol. The fraction of sp³-hybridized carbons (Fsp3) is 0.375. The minimum absolute atomic E-state index is 0.158. The molecule has 7 heteroatoms. The minimum Gasteiger partial charge on any atom is -0.478 e. The van der Waals surface area contributed by atoms with Crippen molar-refractivity contribution < 1.29 is 22.7 Å². The van der Waals surface area contributed by atoms with Crippen LogP contribution < -0.4 is 0 Å². The third-order valence-corrected chi connectivity index (χ3v) is 4.00. The Balaban J connectivity index is 2.32. The molecule has 0 atom stereocenters. The Morgan fingerprint density at radius 2 is 2.13 bits per heavy atom. The second-order valence-electron chi connectivity index (χ2n) is 3.22. The summed E-state index contributed by atoms with van der Waals surface area (Å²) < 4.78 is 29.4. The van der Waals surface area contributed by atoms with Crippen molar-refractivity contribution in [2.24, 2.45) is 0 Å². The summed E-state index contributed by atoms with van der Waals surface area (Å²) in [7, 11) is -3.61. The van der Waals surface area contributed by atoms with Crippen molar-refractivity contribution in [2.75, 3.05) is 13.1 Å². The smallest absolute Gasteiger partial charge is 0.339 e. The minimum atomic E-state index is -3.61. The van der Waals surface area contributed by atoms with Gasteiger partial charge in [-0.05, 0) is 6.42 Å². The Labute approximate surface area is 86.2 Å². The standard InChI is InChI=1S/C8H9NO5S/c10-8(11)6-4-7(14-5-6)15(12,13)9-2-1-3-9/h4-5H,1-3H2,(H,10,11). The predicted octanol–water partition coefficient (Wildman–Crippen LogP) is 0.372. The van der Waals surface area contributed by atoms with Crippen LogP contribution in [0.15, 0.2) is 21.8 Å². The van der Waals surface area contributed by atoms with E-state index in [1.807, 2.05) is 0 Å². The Kier molecular flexibility index (Phi) is 2.28. The van der Waals surface area contributed by atoms with Gasteiger partial charge in [-0.25, -0.2) is 13.2 Å². The highest BCUT2D eigenvalue weighted by Crippen LogP contribution is 2.22. The van der Waals surface area contributed by atoms with Gasteiger partial charge < -0.3 is 9.52 Å². The zero-order valence-electron chi connectivity index (χ0n) is 7.71. The zero-order chi connectivity index (χ0) is 11.1. The lowest BCUT2D eigenvalue weighted by molar-refractivity contribution is 0.0696. The van der Waals surface area contributed by atoms with E-state index >= 15 is 0 Å². The maximum Gasteiger partial charge on any atom is 0.339 e. The summed E-state index contributed by atoms with van der Waals surface area (Å²) in [4.78, 5) is 10.5. The fourth-order valence-electron chi connectivity index (χ4n) is 1.22. The summed E-state index contributed by atoms with van der Waals surface area (Å²) in [5.41, 5.74) is -0.158. The summed E-state index contributed by atoms with van der Waals surface area (Å²) in [6, 6.07) is 1.02. The molecule has 0 bridgehead atoms. The largest absolute Gasteiger partial charge is 0.478 e. The predicted molar refractivity (Wildman–Crippen MR) is 49.0 cm³/mol. The van der Waals surface area contributed by atoms with Gasteiger partial charge in [-0.15, -0.1) is 0 Å². The van der Waals surface area contributed by atoms with E-state index in [-0.39, 0.29) is 10.7 Å². The lowest BCUT2D eigenvalue weighted by Crippen LogP contribution is -2.41. The van der Waals surface area contributed by atoms with Crippen LogP contribution >= 0.6 is 0 Å². The number of carboxylic acid groups (broad SMARTS) is 1. The van der Waals surface area contributed by atoms with Gasteiger partial charge in [0.2, 0.25) is 5.09 Å². The summed E-state index contributed by atoms with van der Waals surface area (Å²) in [5.74, 6) is -1.20. The van der Waals surface area contributed by atoms with Gasteiger partial charge >= 0.3 is 5.97 Å². The van der Waals surface area contributed by atoms with Gasteiger partial charge in [0.25, 0.3) is 10.0 Å². The van der Waals surface area contributed by atoms with Crippen molar-refractivity contribution in [2.45, 2.75) is 11.5 Å². The van der Waals surface area contributed by atoms with E-state index in [0.717, 1.165) is 18.8 Å². The van der Waals surface area contributed by atoms with Crippen molar-refractivity contribution in [3.63, 3.8) is 0 Å². The number of hydrogen-bond donors (Lipinski definition) is 1. The third-order valence-electron chi connectivity index (χ3n) is 2.23. The Hall–Kier alpha value is -1.34. The van der Waals surface area contributed by atoms with Crippen LogP contribution in [0.25, 0.3) is 0 Å². The molecule has 6 nitrogen and oxygen atoms in total. The normalized spacial score (nSPS) is 17.3. The van der Waals surface area contributed by atoms with Crippen molar-refractivity contribution in [1.82, 2.24) is 4.31 Å². The molecule has 0 aromatic carbocycles. The highest BCUT2D eigenvalue weighted by atomic mass is 32.2. The molecule has 2 heterocycles. The Morgan fingerprint density at radius 3 is 2.53 bits per heavy atom. The Bertz CT molecular complexity index is 485. The number of hydrogen-bond acceptors (Lipinski definition) is 4. The number of carbonyl (C=O) groups is 1. The van der Waals surface area contributed by atoms with E-state index in [9.17, 15) is 13.2 Å². The highest BCUT2D eigenvalue weighted by Gasteiger charge is 2.32. The summed E-state index contributed by atoms with van der Waals surface area (Å²) in [5, 5.41) is 8.30. The highest BCUT2D eigenvalue weighted by molar-refractivity contribution is 7.89. The second kappa shape index (κ2) is 3.35. The van der Waals surface area contributed by atoms with Crippen LogP contribution in [0.1, 0.15) is 16.8 Å². The molecule has 2 rings (SSSR count). The maximum absolute atomic E-state index is 11.7. The molecule has 0 spiro atoms. The van der Waals surface area contributed by atoms with E-state index in [2.05, 4.69) is 0 Å². The van der Waals surface area contributed by atoms with E-state index in [1.165, 1.54) is 4.31 Å². The number of rotatable bonds is 3. The third kappa shape index (κ3) is 1.64. The molecule has 1 aromatic rings. The number of aromatic carboxylic acids is 1. The van der Waals surface area contributed by atoms with Crippen LogP contribution in [-0.2, 0) is 10.0 Å². The van der Waals surface area contributed by atoms with Crippen LogP contribution in [0.2, 0.25) is 0 Å². The molecule has 0 saturated carbocycles. The van der Waals surface area contributed by atoms with Crippen molar-refractivity contribution in [3.05, 3.63) is 17.9 Å². The first-order chi connectivity index (χ1) is 7.01. The van der Waals surface area contributed by atoms with Gasteiger partial charge in [0.15, 0.2) is 0 Å². The Morgan fingerprint density at radius 1 is 1.47 bits per heavy atom. The van der Waals surface area contributed by atoms with Gasteiger partial charge in [0.1, 0.15) is 6.26 Å². The molecule has 0 unspecified atom stereocenters. The summed E-state index contributed by atoms with van der Waals surface area (Å²) >= 11 is 0. The first-order valence-corrected chi connectivity index (χ1v) is 5.78. The molecule has 0 radical (unpaired) electrons. The zero-order valence-corrected chi connectivity index (χ0v) is 8.53. The monoisotopic (exact) mass is 231 g/mol. The average molecular weight is 231 g/mol. The van der Waals surface area contributed by atoms with Crippen LogP contribution in [0.4, 0.5) is 0 Å². The van der Waals surface area contributed by atoms with Gasteiger partial charge in [-0.3, -0.25) is 0 Å². The summed E-state index contributed by atoms with van der Waals surface area (Å²) in [6.45, 7) is 0.927. The molecular formula is C8H9NO5S. The van der Waals surface area contributed by atoms with Crippen LogP contribution in [0, 0.1) is 0 Å². The first kappa shape index (κ1) is 10.2. The molecule has 1 N–H and O–H groups in total. The number of carboxylic acids is 1. The van der Waals surface area contributed by atoms with Gasteiger partial charge in [-0.2, -0.15) is 4.31 Å². The topological polar surface area (TPSA) is 87.8 Å². The fourth-order valence-corrected chi connectivity index (χ4v) is 2.66. The molecule has 0 aliphatic carbocycles. The molecule has 82 valence electrons. The molecule has 1 aliphatic heterocycles. The molecule has 1 aromatic heterocycles. The number of sulfonamides is 1. The lowest BCUT2D eigenvalue weighted by Gasteiger charge is -2.28. The van der Waals surface area contributed by atoms with Crippen LogP contribution in [0.5, 0.6) is 0 Å². The first-order valence-electron chi connectivity index (χ1n) is 4.34. The SMILES string of the molecule is O=C(O)c1coc(S(=O)(=O)N2CCC2)c1. The number of nitrogens with zero attached hydrogens (tertiary/aromatic N) is 1. The van der Waals surface area contributed by atoms with E-state index in [4.69, 9.17) is 9.52 Å². The molecule has 1 saturated heterocycles. The van der Waals surface area contributed by atoms with Gasteiger partial charge in [0, 0.05) is 19.2 Å². The molecule has 0 amide bonds. The molecule has 1 aliphatic rings. The van der Waals surface area contributed by atoms with Crippen molar-refractivity contribution in [3.8, 4) is 0 Å². The van der Waals surface area contributed by atoms with Gasteiger partial charge in [-0.1, -0.05) is 0 Å². The van der Waals surface area contributed by atoms with Crippen LogP contribution in [0.3, 0.4) is 0 Å². The molecule has 15 heavy (non-hydrogen) atoms. The van der Waals surface area contributed by atoms with E-state index in [1.54, 1.807) is 0 Å². The quantitative estimate of drug-likeness (QED) is 0.812. The lowest BCUT2D eigenvalue weighted by atomic mass is 10.3. The van der Waals surface area contributed by atoms with E-state index in [0.29, 0.717) is 13.1 Å². The van der Waals surface area contributed by atoms with E-state index < -0.39 is 16.0 Å². The average Bonchev–Trinajstić information content (AvgIpc) is 2.46. The van der Waals surface area contributed by atoms with Crippen LogP contribution in [-0.4, -0.2) is 36.9 Å². The second-order valence-corrected chi connectivity index (χ2v) is 5.09. The van der Waals surface area contributed by atoms with Gasteiger partial charge in [0.05, 0.1) is 5.56 Å². The van der Waals surface area contributed by atoms with Crippen molar-refractivity contribution in [1.29, 1.82) is 0 Å². The van der Waals surface area contributed by atoms with Crippen molar-refractivity contribution >= 4 is 16.0 Å².